The van der Waals surface area contributed by atoms with Crippen LogP contribution >= 0.6 is 11.3 Å². The number of aromatic nitrogens is 2. The molecule has 0 aliphatic rings. The second kappa shape index (κ2) is 6.33. The van der Waals surface area contributed by atoms with Gasteiger partial charge in [0.05, 0.1) is 6.04 Å². The number of likely N-dealkylation sites (N-methyl/N-ethyl adjacent to an activating group) is 1. The van der Waals surface area contributed by atoms with Crippen LogP contribution in [-0.2, 0) is 6.42 Å². The lowest BCUT2D eigenvalue weighted by Gasteiger charge is -2.16. The summed E-state index contributed by atoms with van der Waals surface area (Å²) in [7, 11) is 0. The molecule has 0 radical (unpaired) electrons. The molecule has 1 unspecified atom stereocenters. The van der Waals surface area contributed by atoms with Gasteiger partial charge in [-0.15, -0.1) is 11.3 Å². The van der Waals surface area contributed by atoms with Crippen molar-refractivity contribution in [1.82, 2.24) is 15.3 Å². The Morgan fingerprint density at radius 3 is 2.71 bits per heavy atom. The maximum absolute atomic E-state index is 4.49. The molecule has 21 heavy (non-hydrogen) atoms. The minimum absolute atomic E-state index is 0.161. The molecule has 0 spiro atoms. The summed E-state index contributed by atoms with van der Waals surface area (Å²) in [6.07, 6.45) is 4.69. The summed E-state index contributed by atoms with van der Waals surface area (Å²) in [5.74, 6) is 0.873. The second-order valence-electron chi connectivity index (χ2n) is 5.19. The highest BCUT2D eigenvalue weighted by molar-refractivity contribution is 7.17. The Bertz CT molecular complexity index is 718. The first-order chi connectivity index (χ1) is 10.3. The van der Waals surface area contributed by atoms with Gasteiger partial charge in [0.1, 0.15) is 5.82 Å². The molecule has 108 valence electrons. The van der Waals surface area contributed by atoms with Crippen LogP contribution in [0.15, 0.2) is 42.0 Å². The Labute approximate surface area is 129 Å². The summed E-state index contributed by atoms with van der Waals surface area (Å²) in [5, 5.41) is 7.10. The fourth-order valence-corrected chi connectivity index (χ4v) is 3.47. The molecule has 2 aromatic heterocycles. The topological polar surface area (TPSA) is 37.8 Å². The van der Waals surface area contributed by atoms with Crippen LogP contribution in [0.5, 0.6) is 0 Å². The van der Waals surface area contributed by atoms with Gasteiger partial charge in [-0.1, -0.05) is 25.1 Å². The first-order valence-corrected chi connectivity index (χ1v) is 8.13. The highest BCUT2D eigenvalue weighted by atomic mass is 32.1. The summed E-state index contributed by atoms with van der Waals surface area (Å²) >= 11 is 1.80. The molecule has 1 aromatic carbocycles. The Kier molecular flexibility index (Phi) is 4.27. The maximum atomic E-state index is 4.49. The maximum Gasteiger partial charge on any atom is 0.145 e. The molecule has 0 saturated heterocycles. The molecule has 3 nitrogen and oxygen atoms in total. The molecular formula is C17H19N3S. The molecule has 0 fully saturated rings. The summed E-state index contributed by atoms with van der Waals surface area (Å²) in [6, 6.07) is 8.72. The molecule has 1 N–H and O–H groups in total. The van der Waals surface area contributed by atoms with Gasteiger partial charge < -0.3 is 5.32 Å². The lowest BCUT2D eigenvalue weighted by molar-refractivity contribution is 0.522. The van der Waals surface area contributed by atoms with Gasteiger partial charge in [-0.2, -0.15) is 0 Å². The number of hydrogen-bond donors (Lipinski definition) is 1. The monoisotopic (exact) mass is 297 g/mol. The van der Waals surface area contributed by atoms with Crippen LogP contribution in [0, 0.1) is 6.92 Å². The summed E-state index contributed by atoms with van der Waals surface area (Å²) in [4.78, 5) is 8.98. The van der Waals surface area contributed by atoms with Crippen LogP contribution in [-0.4, -0.2) is 16.5 Å². The van der Waals surface area contributed by atoms with Gasteiger partial charge in [0.2, 0.25) is 0 Å². The van der Waals surface area contributed by atoms with E-state index in [9.17, 15) is 0 Å². The van der Waals surface area contributed by atoms with E-state index in [4.69, 9.17) is 0 Å². The van der Waals surface area contributed by atoms with Crippen molar-refractivity contribution >= 4 is 21.4 Å². The average Bonchev–Trinajstić information content (AvgIpc) is 2.91. The molecule has 0 aliphatic carbocycles. The molecule has 2 heterocycles. The number of fused-ring (bicyclic) bond motifs is 1. The zero-order valence-electron chi connectivity index (χ0n) is 12.3. The van der Waals surface area contributed by atoms with Crippen LogP contribution in [0.2, 0.25) is 0 Å². The first-order valence-electron chi connectivity index (χ1n) is 7.25. The Hall–Kier alpha value is -1.78. The number of aryl methyl sites for hydroxylation is 1. The SMILES string of the molecule is CCNC(Cc1csc2ccccc12)c1ncc(C)cn1. The third-order valence-corrected chi connectivity index (χ3v) is 4.56. The average molecular weight is 297 g/mol. The molecule has 4 heteroatoms. The van der Waals surface area contributed by atoms with Crippen molar-refractivity contribution in [3.63, 3.8) is 0 Å². The van der Waals surface area contributed by atoms with Crippen molar-refractivity contribution in [2.45, 2.75) is 26.3 Å². The predicted molar refractivity (Wildman–Crippen MR) is 88.7 cm³/mol. The van der Waals surface area contributed by atoms with E-state index in [1.807, 2.05) is 19.3 Å². The van der Waals surface area contributed by atoms with Gasteiger partial charge in [0, 0.05) is 17.1 Å². The summed E-state index contributed by atoms with van der Waals surface area (Å²) in [5.41, 5.74) is 2.46. The van der Waals surface area contributed by atoms with Crippen molar-refractivity contribution < 1.29 is 0 Å². The third kappa shape index (κ3) is 3.12. The van der Waals surface area contributed by atoms with E-state index < -0.39 is 0 Å². The van der Waals surface area contributed by atoms with Gasteiger partial charge in [-0.05, 0) is 47.8 Å². The second-order valence-corrected chi connectivity index (χ2v) is 6.10. The molecule has 0 saturated carbocycles. The smallest absolute Gasteiger partial charge is 0.145 e. The van der Waals surface area contributed by atoms with Crippen LogP contribution in [0.1, 0.15) is 29.9 Å². The highest BCUT2D eigenvalue weighted by Gasteiger charge is 2.16. The number of rotatable bonds is 5. The molecule has 3 aromatic rings. The van der Waals surface area contributed by atoms with Gasteiger partial charge >= 0.3 is 0 Å². The van der Waals surface area contributed by atoms with Gasteiger partial charge in [0.15, 0.2) is 0 Å². The Morgan fingerprint density at radius 2 is 1.95 bits per heavy atom. The van der Waals surface area contributed by atoms with Crippen LogP contribution in [0.4, 0.5) is 0 Å². The van der Waals surface area contributed by atoms with Crippen LogP contribution in [0.3, 0.4) is 0 Å². The molecule has 0 aliphatic heterocycles. The number of hydrogen-bond acceptors (Lipinski definition) is 4. The fraction of sp³-hybridized carbons (Fsp3) is 0.294. The minimum atomic E-state index is 0.161. The number of thiophene rings is 1. The quantitative estimate of drug-likeness (QED) is 0.776. The first kappa shape index (κ1) is 14.2. The number of nitrogens with one attached hydrogen (secondary N) is 1. The minimum Gasteiger partial charge on any atom is -0.307 e. The van der Waals surface area contributed by atoms with Gasteiger partial charge in [-0.3, -0.25) is 0 Å². The van der Waals surface area contributed by atoms with E-state index in [2.05, 4.69) is 51.9 Å². The number of nitrogens with zero attached hydrogens (tertiary/aromatic N) is 2. The van der Waals surface area contributed by atoms with Crippen LogP contribution < -0.4 is 5.32 Å². The molecular weight excluding hydrogens is 278 g/mol. The van der Waals surface area contributed by atoms with E-state index in [-0.39, 0.29) is 6.04 Å². The highest BCUT2D eigenvalue weighted by Crippen LogP contribution is 2.28. The molecule has 0 amide bonds. The van der Waals surface area contributed by atoms with E-state index >= 15 is 0 Å². The lowest BCUT2D eigenvalue weighted by atomic mass is 10.0. The van der Waals surface area contributed by atoms with Crippen molar-refractivity contribution in [1.29, 1.82) is 0 Å². The summed E-state index contributed by atoms with van der Waals surface area (Å²) in [6.45, 7) is 5.04. The number of benzene rings is 1. The van der Waals surface area contributed by atoms with E-state index in [1.54, 1.807) is 11.3 Å². The van der Waals surface area contributed by atoms with E-state index in [0.717, 1.165) is 24.4 Å². The van der Waals surface area contributed by atoms with E-state index in [0.29, 0.717) is 0 Å². The zero-order chi connectivity index (χ0) is 14.7. The zero-order valence-corrected chi connectivity index (χ0v) is 13.2. The fourth-order valence-electron chi connectivity index (χ4n) is 2.49. The lowest BCUT2D eigenvalue weighted by Crippen LogP contribution is -2.24. The van der Waals surface area contributed by atoms with Gasteiger partial charge in [-0.25, -0.2) is 9.97 Å². The van der Waals surface area contributed by atoms with E-state index in [1.165, 1.54) is 15.6 Å². The normalized spacial score (nSPS) is 12.7. The van der Waals surface area contributed by atoms with Crippen molar-refractivity contribution in [3.8, 4) is 0 Å². The van der Waals surface area contributed by atoms with Crippen molar-refractivity contribution in [2.24, 2.45) is 0 Å². The molecule has 3 rings (SSSR count). The Morgan fingerprint density at radius 1 is 1.19 bits per heavy atom. The van der Waals surface area contributed by atoms with Crippen molar-refractivity contribution in [2.75, 3.05) is 6.54 Å². The third-order valence-electron chi connectivity index (χ3n) is 3.55. The summed E-state index contributed by atoms with van der Waals surface area (Å²) < 4.78 is 1.34. The standard InChI is InChI=1S/C17H19N3S/c1-3-18-15(17-19-9-12(2)10-20-17)8-13-11-21-16-7-5-4-6-14(13)16/h4-7,9-11,15,18H,3,8H2,1-2H3. The predicted octanol–water partition coefficient (Wildman–Crippen LogP) is 3.89. The van der Waals surface area contributed by atoms with Crippen molar-refractivity contribution in [3.05, 3.63) is 59.0 Å². The van der Waals surface area contributed by atoms with Crippen LogP contribution in [0.25, 0.3) is 10.1 Å². The largest absolute Gasteiger partial charge is 0.307 e. The molecule has 1 atom stereocenters. The molecule has 0 bridgehead atoms. The Balaban J connectivity index is 1.89. The van der Waals surface area contributed by atoms with Gasteiger partial charge in [0.25, 0.3) is 0 Å².